The Hall–Kier alpha value is -0.200. The lowest BCUT2D eigenvalue weighted by Gasteiger charge is -2.11. The standard InChI is InChI=1S/C10H20ClNO4/c1-15-6-2-3-7-16-10(14)5-4-9(13)8-12-11/h10,12,14H,2-8H2,1H3. The van der Waals surface area contributed by atoms with Crippen LogP contribution in [0, 0.1) is 0 Å². The molecule has 0 amide bonds. The number of ketones is 1. The summed E-state index contributed by atoms with van der Waals surface area (Å²) in [5.74, 6) is -0.0444. The first-order chi connectivity index (χ1) is 7.70. The van der Waals surface area contributed by atoms with Crippen LogP contribution in [0.25, 0.3) is 0 Å². The summed E-state index contributed by atoms with van der Waals surface area (Å²) < 4.78 is 9.98. The smallest absolute Gasteiger partial charge is 0.154 e. The quantitative estimate of drug-likeness (QED) is 0.325. The number of ether oxygens (including phenoxy) is 2. The van der Waals surface area contributed by atoms with Crippen molar-refractivity contribution in [2.24, 2.45) is 0 Å². The number of halogens is 1. The van der Waals surface area contributed by atoms with E-state index in [0.717, 1.165) is 12.8 Å². The summed E-state index contributed by atoms with van der Waals surface area (Å²) >= 11 is 5.17. The Labute approximate surface area is 101 Å². The second-order valence-electron chi connectivity index (χ2n) is 3.41. The molecule has 5 nitrogen and oxygen atoms in total. The van der Waals surface area contributed by atoms with Crippen molar-refractivity contribution in [2.45, 2.75) is 32.0 Å². The SMILES string of the molecule is COCCCCOC(O)CCC(=O)CNCl. The van der Waals surface area contributed by atoms with Crippen LogP contribution in [0.4, 0.5) is 0 Å². The molecule has 0 aromatic carbocycles. The first kappa shape index (κ1) is 15.8. The average Bonchev–Trinajstić information content (AvgIpc) is 2.26. The molecule has 0 saturated carbocycles. The molecule has 0 fully saturated rings. The van der Waals surface area contributed by atoms with Gasteiger partial charge in [0.25, 0.3) is 0 Å². The number of methoxy groups -OCH3 is 1. The van der Waals surface area contributed by atoms with Gasteiger partial charge < -0.3 is 14.6 Å². The molecule has 1 atom stereocenters. The van der Waals surface area contributed by atoms with Crippen LogP contribution >= 0.6 is 11.8 Å². The van der Waals surface area contributed by atoms with Crippen molar-refractivity contribution in [1.29, 1.82) is 0 Å². The predicted octanol–water partition coefficient (Wildman–Crippen LogP) is 0.841. The van der Waals surface area contributed by atoms with Gasteiger partial charge in [0, 0.05) is 33.2 Å². The lowest BCUT2D eigenvalue weighted by molar-refractivity contribution is -0.125. The molecule has 6 heteroatoms. The summed E-state index contributed by atoms with van der Waals surface area (Å²) in [4.78, 5) is 13.3. The minimum Gasteiger partial charge on any atom is -0.385 e. The van der Waals surface area contributed by atoms with E-state index in [4.69, 9.17) is 21.3 Å². The maximum atomic E-state index is 11.0. The molecule has 0 aliphatic heterocycles. The van der Waals surface area contributed by atoms with Gasteiger partial charge in [0.15, 0.2) is 6.29 Å². The number of hydrogen-bond donors (Lipinski definition) is 2. The predicted molar refractivity (Wildman–Crippen MR) is 61.2 cm³/mol. The van der Waals surface area contributed by atoms with Gasteiger partial charge in [-0.1, -0.05) is 0 Å². The second-order valence-corrected chi connectivity index (χ2v) is 3.68. The zero-order valence-corrected chi connectivity index (χ0v) is 10.3. The monoisotopic (exact) mass is 253 g/mol. The lowest BCUT2D eigenvalue weighted by Crippen LogP contribution is -2.19. The van der Waals surface area contributed by atoms with Gasteiger partial charge in [0.1, 0.15) is 5.78 Å². The van der Waals surface area contributed by atoms with Crippen LogP contribution in [-0.4, -0.2) is 44.0 Å². The number of carbonyl (C=O) groups is 1. The van der Waals surface area contributed by atoms with E-state index in [9.17, 15) is 9.90 Å². The number of Topliss-reactive ketones (excluding diaryl/α,β-unsaturated/α-hetero) is 1. The molecule has 0 aliphatic rings. The second kappa shape index (κ2) is 11.3. The fourth-order valence-corrected chi connectivity index (χ4v) is 1.25. The Kier molecular flexibility index (Phi) is 11.1. The van der Waals surface area contributed by atoms with Gasteiger partial charge in [-0.3, -0.25) is 4.79 Å². The Morgan fingerprint density at radius 3 is 2.75 bits per heavy atom. The van der Waals surface area contributed by atoms with Crippen LogP contribution in [0.2, 0.25) is 0 Å². The lowest BCUT2D eigenvalue weighted by atomic mass is 10.2. The van der Waals surface area contributed by atoms with Crippen LogP contribution in [0.5, 0.6) is 0 Å². The number of aliphatic hydroxyl groups excluding tert-OH is 1. The first-order valence-corrected chi connectivity index (χ1v) is 5.72. The van der Waals surface area contributed by atoms with E-state index in [2.05, 4.69) is 4.84 Å². The fourth-order valence-electron chi connectivity index (χ4n) is 1.10. The summed E-state index contributed by atoms with van der Waals surface area (Å²) in [5.41, 5.74) is 0. The topological polar surface area (TPSA) is 67.8 Å². The van der Waals surface area contributed by atoms with E-state index in [1.807, 2.05) is 0 Å². The molecule has 16 heavy (non-hydrogen) atoms. The minimum absolute atomic E-state index is 0.0444. The number of unbranched alkanes of at least 4 members (excludes halogenated alkanes) is 1. The average molecular weight is 254 g/mol. The van der Waals surface area contributed by atoms with Gasteiger partial charge in [-0.25, -0.2) is 4.84 Å². The molecule has 0 saturated heterocycles. The molecule has 0 spiro atoms. The van der Waals surface area contributed by atoms with Crippen molar-refractivity contribution >= 4 is 17.6 Å². The highest BCUT2D eigenvalue weighted by atomic mass is 35.5. The van der Waals surface area contributed by atoms with E-state index in [-0.39, 0.29) is 18.7 Å². The third kappa shape index (κ3) is 10.3. The molecule has 1 unspecified atom stereocenters. The number of carbonyl (C=O) groups excluding carboxylic acids is 1. The maximum absolute atomic E-state index is 11.0. The molecule has 0 aromatic rings. The maximum Gasteiger partial charge on any atom is 0.154 e. The molecule has 0 radical (unpaired) electrons. The zero-order chi connectivity index (χ0) is 12.2. The van der Waals surface area contributed by atoms with Gasteiger partial charge in [0.2, 0.25) is 0 Å². The molecule has 0 heterocycles. The summed E-state index contributed by atoms with van der Waals surface area (Å²) in [6, 6.07) is 0. The van der Waals surface area contributed by atoms with Crippen LogP contribution in [0.1, 0.15) is 25.7 Å². The fraction of sp³-hybridized carbons (Fsp3) is 0.900. The highest BCUT2D eigenvalue weighted by molar-refractivity contribution is 6.14. The molecule has 0 aromatic heterocycles. The first-order valence-electron chi connectivity index (χ1n) is 5.34. The molecule has 0 rings (SSSR count). The Bertz CT molecular complexity index is 180. The van der Waals surface area contributed by atoms with Crippen molar-refractivity contribution in [3.05, 3.63) is 0 Å². The number of nitrogens with one attached hydrogen (secondary N) is 1. The number of aliphatic hydroxyl groups is 1. The van der Waals surface area contributed by atoms with Crippen molar-refractivity contribution in [3.63, 3.8) is 0 Å². The molecule has 2 N–H and O–H groups in total. The van der Waals surface area contributed by atoms with Crippen LogP contribution in [0.15, 0.2) is 0 Å². The van der Waals surface area contributed by atoms with Gasteiger partial charge in [-0.05, 0) is 24.6 Å². The molecular weight excluding hydrogens is 234 g/mol. The van der Waals surface area contributed by atoms with Gasteiger partial charge in [-0.15, -0.1) is 0 Å². The number of rotatable bonds is 11. The van der Waals surface area contributed by atoms with Gasteiger partial charge in [0.05, 0.1) is 6.54 Å². The largest absolute Gasteiger partial charge is 0.385 e. The zero-order valence-electron chi connectivity index (χ0n) is 9.58. The van der Waals surface area contributed by atoms with E-state index >= 15 is 0 Å². The van der Waals surface area contributed by atoms with Crippen molar-refractivity contribution in [2.75, 3.05) is 26.9 Å². The third-order valence-corrected chi connectivity index (χ3v) is 2.12. The molecule has 0 bridgehead atoms. The highest BCUT2D eigenvalue weighted by Gasteiger charge is 2.07. The summed E-state index contributed by atoms with van der Waals surface area (Å²) in [5, 5.41) is 9.36. The van der Waals surface area contributed by atoms with Crippen molar-refractivity contribution < 1.29 is 19.4 Å². The van der Waals surface area contributed by atoms with Crippen molar-refractivity contribution in [3.8, 4) is 0 Å². The van der Waals surface area contributed by atoms with Crippen molar-refractivity contribution in [1.82, 2.24) is 4.84 Å². The summed E-state index contributed by atoms with van der Waals surface area (Å²) in [6.07, 6.45) is 1.43. The minimum atomic E-state index is -0.873. The van der Waals surface area contributed by atoms with Crippen LogP contribution in [-0.2, 0) is 14.3 Å². The van der Waals surface area contributed by atoms with Gasteiger partial charge >= 0.3 is 0 Å². The normalized spacial score (nSPS) is 12.7. The molecule has 0 aliphatic carbocycles. The summed E-state index contributed by atoms with van der Waals surface area (Å²) in [7, 11) is 1.65. The van der Waals surface area contributed by atoms with E-state index < -0.39 is 6.29 Å². The Morgan fingerprint density at radius 1 is 1.44 bits per heavy atom. The van der Waals surface area contributed by atoms with E-state index in [0.29, 0.717) is 19.6 Å². The van der Waals surface area contributed by atoms with Crippen LogP contribution < -0.4 is 4.84 Å². The Morgan fingerprint density at radius 2 is 2.12 bits per heavy atom. The molecular formula is C10H20ClNO4. The number of hydrogen-bond acceptors (Lipinski definition) is 5. The van der Waals surface area contributed by atoms with Gasteiger partial charge in [-0.2, -0.15) is 0 Å². The van der Waals surface area contributed by atoms with E-state index in [1.54, 1.807) is 7.11 Å². The van der Waals surface area contributed by atoms with E-state index in [1.165, 1.54) is 0 Å². The van der Waals surface area contributed by atoms with Crippen LogP contribution in [0.3, 0.4) is 0 Å². The third-order valence-electron chi connectivity index (χ3n) is 1.99. The summed E-state index contributed by atoms with van der Waals surface area (Å²) in [6.45, 7) is 1.29. The highest BCUT2D eigenvalue weighted by Crippen LogP contribution is 2.01. The molecule has 96 valence electrons. The Balaban J connectivity index is 3.30.